The Hall–Kier alpha value is -2.93. The van der Waals surface area contributed by atoms with Crippen LogP contribution in [0.4, 0.5) is 10.5 Å². The Labute approximate surface area is 160 Å². The molecule has 6 nitrogen and oxygen atoms in total. The lowest BCUT2D eigenvalue weighted by Gasteiger charge is -2.10. The number of ether oxygens (including phenoxy) is 2. The average molecular weight is 385 g/mol. The summed E-state index contributed by atoms with van der Waals surface area (Å²) in [4.78, 5) is 24.5. The van der Waals surface area contributed by atoms with Gasteiger partial charge in [-0.1, -0.05) is 12.1 Å². The first-order valence-electron chi connectivity index (χ1n) is 8.37. The third-order valence-corrected chi connectivity index (χ3v) is 4.91. The maximum atomic E-state index is 12.0. The van der Waals surface area contributed by atoms with Crippen molar-refractivity contribution in [1.82, 2.24) is 0 Å². The third-order valence-electron chi connectivity index (χ3n) is 3.80. The molecule has 0 saturated heterocycles. The quantitative estimate of drug-likeness (QED) is 0.491. The molecule has 0 atom stereocenters. The van der Waals surface area contributed by atoms with Crippen LogP contribution in [0.3, 0.4) is 0 Å². The van der Waals surface area contributed by atoms with Gasteiger partial charge in [-0.15, -0.1) is 11.8 Å². The fourth-order valence-corrected chi connectivity index (χ4v) is 3.62. The zero-order valence-corrected chi connectivity index (χ0v) is 15.8. The molecule has 0 aliphatic carbocycles. The van der Waals surface area contributed by atoms with Crippen LogP contribution in [0.5, 0.6) is 5.75 Å². The summed E-state index contributed by atoms with van der Waals surface area (Å²) >= 11 is 1.57. The largest absolute Gasteiger partial charge is 0.496 e. The smallest absolute Gasteiger partial charge is 0.411 e. The minimum atomic E-state index is -0.554. The van der Waals surface area contributed by atoms with Gasteiger partial charge in [0, 0.05) is 33.9 Å². The van der Waals surface area contributed by atoms with Crippen LogP contribution in [-0.2, 0) is 10.5 Å². The lowest BCUT2D eigenvalue weighted by atomic mass is 10.1. The number of para-hydroxylation sites is 1. The number of nitrogens with one attached hydrogen (secondary N) is 1. The van der Waals surface area contributed by atoms with Gasteiger partial charge >= 0.3 is 11.7 Å². The predicted molar refractivity (Wildman–Crippen MR) is 106 cm³/mol. The molecule has 1 amide bonds. The summed E-state index contributed by atoms with van der Waals surface area (Å²) in [5.74, 6) is 1.36. The molecule has 0 spiro atoms. The molecule has 1 N–H and O–H groups in total. The number of hydrogen-bond acceptors (Lipinski definition) is 6. The number of rotatable bonds is 6. The minimum absolute atomic E-state index is 0.277. The van der Waals surface area contributed by atoms with Crippen molar-refractivity contribution < 1.29 is 18.7 Å². The number of carbonyl (C=O) groups is 1. The van der Waals surface area contributed by atoms with Gasteiger partial charge in [-0.25, -0.2) is 9.59 Å². The van der Waals surface area contributed by atoms with E-state index in [1.165, 1.54) is 6.07 Å². The summed E-state index contributed by atoms with van der Waals surface area (Å²) in [6.45, 7) is 2.00. The van der Waals surface area contributed by atoms with Crippen molar-refractivity contribution in [1.29, 1.82) is 0 Å². The summed E-state index contributed by atoms with van der Waals surface area (Å²) in [7, 11) is 1.63. The molecular formula is C20H19NO5S. The first kappa shape index (κ1) is 18.8. The van der Waals surface area contributed by atoms with E-state index in [0.717, 1.165) is 21.6 Å². The number of methoxy groups -OCH3 is 1. The van der Waals surface area contributed by atoms with E-state index in [2.05, 4.69) is 5.32 Å². The van der Waals surface area contributed by atoms with Crippen LogP contribution in [0.2, 0.25) is 0 Å². The Kier molecular flexibility index (Phi) is 6.03. The van der Waals surface area contributed by atoms with Gasteiger partial charge in [-0.2, -0.15) is 0 Å². The van der Waals surface area contributed by atoms with Crippen LogP contribution in [0, 0.1) is 0 Å². The molecule has 0 radical (unpaired) electrons. The molecule has 27 heavy (non-hydrogen) atoms. The molecule has 2 aromatic carbocycles. The van der Waals surface area contributed by atoms with Gasteiger partial charge in [-0.3, -0.25) is 5.32 Å². The van der Waals surface area contributed by atoms with Crippen molar-refractivity contribution in [2.75, 3.05) is 19.0 Å². The zero-order chi connectivity index (χ0) is 19.2. The van der Waals surface area contributed by atoms with E-state index >= 15 is 0 Å². The van der Waals surface area contributed by atoms with Gasteiger partial charge in [-0.05, 0) is 36.8 Å². The van der Waals surface area contributed by atoms with Crippen molar-refractivity contribution in [2.45, 2.75) is 17.6 Å². The van der Waals surface area contributed by atoms with Gasteiger partial charge in [0.05, 0.1) is 13.7 Å². The van der Waals surface area contributed by atoms with Crippen molar-refractivity contribution in [2.24, 2.45) is 0 Å². The molecule has 1 aromatic heterocycles. The van der Waals surface area contributed by atoms with Crippen molar-refractivity contribution in [3.05, 3.63) is 64.5 Å². The van der Waals surface area contributed by atoms with Gasteiger partial charge < -0.3 is 13.9 Å². The van der Waals surface area contributed by atoms with Crippen LogP contribution in [0.25, 0.3) is 11.0 Å². The summed E-state index contributed by atoms with van der Waals surface area (Å²) in [5.41, 5.74) is 1.32. The highest BCUT2D eigenvalue weighted by Gasteiger charge is 2.10. The fraction of sp³-hybridized carbons (Fsp3) is 0.200. The molecule has 3 aromatic rings. The molecule has 0 bridgehead atoms. The number of benzene rings is 2. The SMILES string of the molecule is CCOC(=O)Nc1ccc2c(CSc3ccccc3OC)cc(=O)oc2c1. The lowest BCUT2D eigenvalue weighted by Crippen LogP contribution is -2.13. The minimum Gasteiger partial charge on any atom is -0.496 e. The maximum Gasteiger partial charge on any atom is 0.411 e. The molecule has 3 rings (SSSR count). The fourth-order valence-electron chi connectivity index (χ4n) is 2.61. The van der Waals surface area contributed by atoms with Crippen molar-refractivity contribution in [3.8, 4) is 5.75 Å². The number of fused-ring (bicyclic) bond motifs is 1. The van der Waals surface area contributed by atoms with Crippen molar-refractivity contribution >= 4 is 34.5 Å². The second-order valence-electron chi connectivity index (χ2n) is 5.59. The Morgan fingerprint density at radius 3 is 2.78 bits per heavy atom. The van der Waals surface area contributed by atoms with Crippen LogP contribution in [-0.4, -0.2) is 19.8 Å². The van der Waals surface area contributed by atoms with Crippen LogP contribution in [0.1, 0.15) is 12.5 Å². The van der Waals surface area contributed by atoms with Crippen LogP contribution < -0.4 is 15.7 Å². The van der Waals surface area contributed by atoms with E-state index in [0.29, 0.717) is 17.0 Å². The zero-order valence-electron chi connectivity index (χ0n) is 15.0. The molecule has 0 aliphatic heterocycles. The van der Waals surface area contributed by atoms with E-state index in [1.54, 1.807) is 37.9 Å². The van der Waals surface area contributed by atoms with E-state index in [1.807, 2.05) is 30.3 Å². The number of carbonyl (C=O) groups excluding carboxylic acids is 1. The molecule has 0 saturated carbocycles. The highest BCUT2D eigenvalue weighted by atomic mass is 32.2. The van der Waals surface area contributed by atoms with E-state index in [-0.39, 0.29) is 6.61 Å². The molecular weight excluding hydrogens is 366 g/mol. The first-order valence-corrected chi connectivity index (χ1v) is 9.35. The average Bonchev–Trinajstić information content (AvgIpc) is 2.66. The summed E-state index contributed by atoms with van der Waals surface area (Å²) in [5, 5.41) is 3.41. The molecule has 0 unspecified atom stereocenters. The topological polar surface area (TPSA) is 77.8 Å². The van der Waals surface area contributed by atoms with E-state index < -0.39 is 11.7 Å². The van der Waals surface area contributed by atoms with Gasteiger partial charge in [0.2, 0.25) is 0 Å². The summed E-state index contributed by atoms with van der Waals surface area (Å²) in [6, 6.07) is 14.4. The molecule has 0 aliphatic rings. The van der Waals surface area contributed by atoms with Crippen LogP contribution >= 0.6 is 11.8 Å². The normalized spacial score (nSPS) is 10.6. The predicted octanol–water partition coefficient (Wildman–Crippen LogP) is 4.66. The number of amides is 1. The maximum absolute atomic E-state index is 12.0. The van der Waals surface area contributed by atoms with Crippen LogP contribution in [0.15, 0.2) is 62.6 Å². The molecule has 7 heteroatoms. The highest BCUT2D eigenvalue weighted by Crippen LogP contribution is 2.33. The second-order valence-corrected chi connectivity index (χ2v) is 6.60. The van der Waals surface area contributed by atoms with E-state index in [4.69, 9.17) is 13.9 Å². The Morgan fingerprint density at radius 2 is 2.00 bits per heavy atom. The Balaban J connectivity index is 1.87. The summed E-state index contributed by atoms with van der Waals surface area (Å²) < 4.78 is 15.5. The standard InChI is InChI=1S/C20H19NO5S/c1-3-25-20(23)21-14-8-9-15-13(10-19(22)26-17(15)11-14)12-27-18-7-5-4-6-16(18)24-2/h4-11H,3,12H2,1-2H3,(H,21,23). The molecule has 1 heterocycles. The summed E-state index contributed by atoms with van der Waals surface area (Å²) in [6.07, 6.45) is -0.554. The number of hydrogen-bond donors (Lipinski definition) is 1. The first-order chi connectivity index (χ1) is 13.1. The second kappa shape index (κ2) is 8.64. The van der Waals surface area contributed by atoms with Gasteiger partial charge in [0.1, 0.15) is 11.3 Å². The number of thioether (sulfide) groups is 1. The third kappa shape index (κ3) is 4.62. The van der Waals surface area contributed by atoms with Gasteiger partial charge in [0.15, 0.2) is 0 Å². The molecule has 0 fully saturated rings. The number of anilines is 1. The Bertz CT molecular complexity index is 1010. The highest BCUT2D eigenvalue weighted by molar-refractivity contribution is 7.98. The Morgan fingerprint density at radius 1 is 1.19 bits per heavy atom. The van der Waals surface area contributed by atoms with Crippen molar-refractivity contribution in [3.63, 3.8) is 0 Å². The lowest BCUT2D eigenvalue weighted by molar-refractivity contribution is 0.168. The van der Waals surface area contributed by atoms with E-state index in [9.17, 15) is 9.59 Å². The monoisotopic (exact) mass is 385 g/mol. The molecule has 140 valence electrons. The van der Waals surface area contributed by atoms with Gasteiger partial charge in [0.25, 0.3) is 0 Å².